The molecule has 21 heavy (non-hydrogen) atoms. The van der Waals surface area contributed by atoms with Crippen LogP contribution in [0, 0.1) is 0 Å². The largest absolute Gasteiger partial charge is 0.369 e. The SMILES string of the molecule is C[C@H](c1ccccc1Cl)N(C(=O)CSCC(N)=O)C1CC1. The summed E-state index contributed by atoms with van der Waals surface area (Å²) in [5.74, 6) is 0.0833. The van der Waals surface area contributed by atoms with Crippen LogP contribution in [0.4, 0.5) is 0 Å². The average Bonchev–Trinajstić information content (AvgIpc) is 3.23. The molecule has 0 aromatic heterocycles. The van der Waals surface area contributed by atoms with Crippen LogP contribution < -0.4 is 5.73 Å². The first-order chi connectivity index (χ1) is 10.0. The standard InChI is InChI=1S/C15H19ClN2O2S/c1-10(12-4-2-3-5-13(12)16)18(11-6-7-11)15(20)9-21-8-14(17)19/h2-5,10-11H,6-9H2,1H3,(H2,17,19)/t10-/m1/s1. The van der Waals surface area contributed by atoms with Crippen molar-refractivity contribution in [2.75, 3.05) is 11.5 Å². The maximum absolute atomic E-state index is 12.4. The van der Waals surface area contributed by atoms with Crippen LogP contribution in [0.5, 0.6) is 0 Å². The van der Waals surface area contributed by atoms with Gasteiger partial charge in [-0.05, 0) is 31.4 Å². The van der Waals surface area contributed by atoms with Crippen molar-refractivity contribution < 1.29 is 9.59 Å². The number of thioether (sulfide) groups is 1. The first kappa shape index (κ1) is 16.2. The highest BCUT2D eigenvalue weighted by molar-refractivity contribution is 8.00. The van der Waals surface area contributed by atoms with Gasteiger partial charge in [0.1, 0.15) is 0 Å². The Labute approximate surface area is 134 Å². The molecule has 1 aromatic rings. The Kier molecular flexibility index (Phi) is 5.53. The number of carbonyl (C=O) groups excluding carboxylic acids is 2. The lowest BCUT2D eigenvalue weighted by atomic mass is 10.1. The van der Waals surface area contributed by atoms with Gasteiger partial charge in [0, 0.05) is 11.1 Å². The average molecular weight is 327 g/mol. The highest BCUT2D eigenvalue weighted by Crippen LogP contribution is 2.36. The number of rotatable bonds is 7. The zero-order valence-corrected chi connectivity index (χ0v) is 13.5. The van der Waals surface area contributed by atoms with E-state index in [0.29, 0.717) is 5.02 Å². The lowest BCUT2D eigenvalue weighted by Crippen LogP contribution is -2.37. The molecule has 0 unspecified atom stereocenters. The van der Waals surface area contributed by atoms with Gasteiger partial charge >= 0.3 is 0 Å². The molecule has 2 N–H and O–H groups in total. The Morgan fingerprint density at radius 2 is 2.05 bits per heavy atom. The Morgan fingerprint density at radius 3 is 2.62 bits per heavy atom. The molecule has 0 radical (unpaired) electrons. The van der Waals surface area contributed by atoms with Crippen LogP contribution >= 0.6 is 23.4 Å². The summed E-state index contributed by atoms with van der Waals surface area (Å²) in [5.41, 5.74) is 6.05. The molecule has 1 aromatic carbocycles. The van der Waals surface area contributed by atoms with Gasteiger partial charge in [-0.15, -0.1) is 11.8 Å². The van der Waals surface area contributed by atoms with E-state index in [-0.39, 0.29) is 29.5 Å². The van der Waals surface area contributed by atoms with E-state index in [1.807, 2.05) is 36.1 Å². The minimum absolute atomic E-state index is 0.0381. The molecule has 114 valence electrons. The number of nitrogens with zero attached hydrogens (tertiary/aromatic N) is 1. The molecule has 0 aliphatic heterocycles. The fourth-order valence-electron chi connectivity index (χ4n) is 2.37. The maximum Gasteiger partial charge on any atom is 0.233 e. The van der Waals surface area contributed by atoms with Crippen molar-refractivity contribution in [2.45, 2.75) is 31.8 Å². The molecular weight excluding hydrogens is 308 g/mol. The third-order valence-corrected chi connectivity index (χ3v) is 4.75. The van der Waals surface area contributed by atoms with Gasteiger partial charge in [-0.1, -0.05) is 29.8 Å². The number of carbonyl (C=O) groups is 2. The number of hydrogen-bond donors (Lipinski definition) is 1. The summed E-state index contributed by atoms with van der Waals surface area (Å²) >= 11 is 7.50. The molecule has 0 saturated heterocycles. The Balaban J connectivity index is 2.06. The molecule has 0 bridgehead atoms. The van der Waals surface area contributed by atoms with E-state index < -0.39 is 5.91 Å². The number of primary amides is 1. The molecule has 1 aliphatic rings. The van der Waals surface area contributed by atoms with E-state index in [0.717, 1.165) is 18.4 Å². The molecule has 2 rings (SSSR count). The molecule has 0 heterocycles. The van der Waals surface area contributed by atoms with Gasteiger partial charge in [-0.3, -0.25) is 9.59 Å². The van der Waals surface area contributed by atoms with E-state index in [1.54, 1.807) is 0 Å². The van der Waals surface area contributed by atoms with Crippen molar-refractivity contribution in [1.82, 2.24) is 4.90 Å². The van der Waals surface area contributed by atoms with Crippen LogP contribution in [-0.4, -0.2) is 34.3 Å². The molecule has 1 aliphatic carbocycles. The smallest absolute Gasteiger partial charge is 0.233 e. The molecular formula is C15H19ClN2O2S. The number of halogens is 1. The number of nitrogens with two attached hydrogens (primary N) is 1. The Bertz CT molecular complexity index is 534. The van der Waals surface area contributed by atoms with Gasteiger partial charge in [-0.25, -0.2) is 0 Å². The molecule has 1 atom stereocenters. The summed E-state index contributed by atoms with van der Waals surface area (Å²) in [5, 5.41) is 0.674. The van der Waals surface area contributed by atoms with Crippen LogP contribution in [0.15, 0.2) is 24.3 Å². The summed E-state index contributed by atoms with van der Waals surface area (Å²) < 4.78 is 0. The minimum Gasteiger partial charge on any atom is -0.369 e. The van der Waals surface area contributed by atoms with Gasteiger partial charge in [0.05, 0.1) is 17.5 Å². The number of hydrogen-bond acceptors (Lipinski definition) is 3. The second kappa shape index (κ2) is 7.18. The van der Waals surface area contributed by atoms with Gasteiger partial charge in [0.25, 0.3) is 0 Å². The minimum atomic E-state index is -0.398. The first-order valence-electron chi connectivity index (χ1n) is 6.92. The van der Waals surface area contributed by atoms with Crippen molar-refractivity contribution in [3.05, 3.63) is 34.9 Å². The molecule has 2 amide bonds. The van der Waals surface area contributed by atoms with E-state index in [4.69, 9.17) is 17.3 Å². The molecule has 1 fully saturated rings. The van der Waals surface area contributed by atoms with Crippen LogP contribution in [0.2, 0.25) is 5.02 Å². The van der Waals surface area contributed by atoms with Crippen LogP contribution in [0.1, 0.15) is 31.4 Å². The van der Waals surface area contributed by atoms with Gasteiger partial charge in [0.15, 0.2) is 0 Å². The summed E-state index contributed by atoms with van der Waals surface area (Å²) in [6, 6.07) is 7.82. The monoisotopic (exact) mass is 326 g/mol. The van der Waals surface area contributed by atoms with Crippen molar-refractivity contribution >= 4 is 35.2 Å². The molecule has 1 saturated carbocycles. The quantitative estimate of drug-likeness (QED) is 0.837. The maximum atomic E-state index is 12.4. The van der Waals surface area contributed by atoms with E-state index >= 15 is 0 Å². The lowest BCUT2D eigenvalue weighted by Gasteiger charge is -2.30. The predicted octanol–water partition coefficient (Wildman–Crippen LogP) is 2.61. The highest BCUT2D eigenvalue weighted by Gasteiger charge is 2.36. The molecule has 4 nitrogen and oxygen atoms in total. The third-order valence-electron chi connectivity index (χ3n) is 3.47. The number of benzene rings is 1. The van der Waals surface area contributed by atoms with E-state index in [2.05, 4.69) is 0 Å². The summed E-state index contributed by atoms with van der Waals surface area (Å²) in [6.45, 7) is 2.00. The Hall–Kier alpha value is -1.20. The first-order valence-corrected chi connectivity index (χ1v) is 8.45. The second-order valence-electron chi connectivity index (χ2n) is 5.19. The zero-order chi connectivity index (χ0) is 15.4. The lowest BCUT2D eigenvalue weighted by molar-refractivity contribution is -0.131. The van der Waals surface area contributed by atoms with Crippen molar-refractivity contribution in [3.63, 3.8) is 0 Å². The van der Waals surface area contributed by atoms with Crippen LogP contribution in [0.25, 0.3) is 0 Å². The molecule has 6 heteroatoms. The number of amides is 2. The summed E-state index contributed by atoms with van der Waals surface area (Å²) in [6.07, 6.45) is 2.06. The third kappa shape index (κ3) is 4.38. The zero-order valence-electron chi connectivity index (χ0n) is 11.9. The second-order valence-corrected chi connectivity index (χ2v) is 6.58. The summed E-state index contributed by atoms with van der Waals surface area (Å²) in [7, 11) is 0. The predicted molar refractivity (Wildman–Crippen MR) is 86.3 cm³/mol. The fraction of sp³-hybridized carbons (Fsp3) is 0.467. The van der Waals surface area contributed by atoms with Crippen LogP contribution in [-0.2, 0) is 9.59 Å². The van der Waals surface area contributed by atoms with Gasteiger partial charge in [-0.2, -0.15) is 0 Å². The van der Waals surface area contributed by atoms with E-state index in [1.165, 1.54) is 11.8 Å². The van der Waals surface area contributed by atoms with Crippen molar-refractivity contribution in [3.8, 4) is 0 Å². The van der Waals surface area contributed by atoms with Crippen molar-refractivity contribution in [1.29, 1.82) is 0 Å². The highest BCUT2D eigenvalue weighted by atomic mass is 35.5. The van der Waals surface area contributed by atoms with Gasteiger partial charge < -0.3 is 10.6 Å². The summed E-state index contributed by atoms with van der Waals surface area (Å²) in [4.78, 5) is 25.1. The van der Waals surface area contributed by atoms with Crippen LogP contribution in [0.3, 0.4) is 0 Å². The normalized spacial score (nSPS) is 15.5. The van der Waals surface area contributed by atoms with E-state index in [9.17, 15) is 9.59 Å². The fourth-order valence-corrected chi connectivity index (χ4v) is 3.29. The Morgan fingerprint density at radius 1 is 1.38 bits per heavy atom. The van der Waals surface area contributed by atoms with Crippen molar-refractivity contribution in [2.24, 2.45) is 5.73 Å². The topological polar surface area (TPSA) is 63.4 Å². The van der Waals surface area contributed by atoms with Gasteiger partial charge in [0.2, 0.25) is 11.8 Å². The molecule has 0 spiro atoms.